The molecule has 1 aromatic rings. The Morgan fingerprint density at radius 1 is 1.43 bits per heavy atom. The van der Waals surface area contributed by atoms with E-state index in [1.807, 2.05) is 24.6 Å². The Hall–Kier alpha value is -1.89. The lowest BCUT2D eigenvalue weighted by Crippen LogP contribution is -2.46. The van der Waals surface area contributed by atoms with Gasteiger partial charge in [-0.3, -0.25) is 9.48 Å². The minimum absolute atomic E-state index is 0.164. The number of ether oxygens (including phenoxy) is 1. The first-order valence-corrected chi connectivity index (χ1v) is 7.99. The smallest absolute Gasteiger partial charge is 0.326 e. The molecule has 2 heterocycles. The highest BCUT2D eigenvalue weighted by Gasteiger charge is 2.38. The third-order valence-corrected chi connectivity index (χ3v) is 4.41. The minimum Gasteiger partial charge on any atom is -0.480 e. The molecule has 0 aromatic carbocycles. The van der Waals surface area contributed by atoms with Crippen molar-refractivity contribution in [3.8, 4) is 0 Å². The van der Waals surface area contributed by atoms with Gasteiger partial charge in [0.15, 0.2) is 0 Å². The number of hydrogen-bond acceptors (Lipinski definition) is 4. The van der Waals surface area contributed by atoms with E-state index in [1.54, 1.807) is 6.20 Å². The number of carboxylic acids is 1. The largest absolute Gasteiger partial charge is 0.480 e. The van der Waals surface area contributed by atoms with Crippen LogP contribution in [0.4, 0.5) is 0 Å². The summed E-state index contributed by atoms with van der Waals surface area (Å²) < 4.78 is 7.74. The Labute approximate surface area is 136 Å². The zero-order chi connectivity index (χ0) is 17.1. The predicted octanol–water partition coefficient (Wildman–Crippen LogP) is 1.86. The van der Waals surface area contributed by atoms with Crippen LogP contribution in [0.3, 0.4) is 0 Å². The number of aliphatic carboxylic acids is 1. The Bertz CT molecular complexity index is 569. The molecule has 2 rings (SSSR count). The summed E-state index contributed by atoms with van der Waals surface area (Å²) in [5.74, 6) is -1.59. The number of hydrogen-bond donors (Lipinski definition) is 1. The summed E-state index contributed by atoms with van der Waals surface area (Å²) in [6.07, 6.45) is 2.80. The van der Waals surface area contributed by atoms with E-state index in [1.165, 1.54) is 18.9 Å². The van der Waals surface area contributed by atoms with E-state index >= 15 is 0 Å². The van der Waals surface area contributed by atoms with Crippen molar-refractivity contribution in [1.29, 1.82) is 0 Å². The fourth-order valence-electron chi connectivity index (χ4n) is 2.92. The molecule has 1 fully saturated rings. The molecule has 1 aliphatic rings. The lowest BCUT2D eigenvalue weighted by atomic mass is 9.90. The van der Waals surface area contributed by atoms with Crippen LogP contribution in [0, 0.1) is 5.92 Å². The zero-order valence-corrected chi connectivity index (χ0v) is 14.1. The van der Waals surface area contributed by atoms with E-state index < -0.39 is 12.0 Å². The monoisotopic (exact) mass is 323 g/mol. The van der Waals surface area contributed by atoms with Gasteiger partial charge in [0.1, 0.15) is 12.1 Å². The Morgan fingerprint density at radius 3 is 2.74 bits per heavy atom. The summed E-state index contributed by atoms with van der Waals surface area (Å²) in [5.41, 5.74) is 0.870. The maximum atomic E-state index is 12.8. The third-order valence-electron chi connectivity index (χ3n) is 4.41. The average Bonchev–Trinajstić information content (AvgIpc) is 3.02. The number of likely N-dealkylation sites (N-methyl/N-ethyl adjacent to an activating group) is 1. The van der Waals surface area contributed by atoms with Gasteiger partial charge in [-0.1, -0.05) is 0 Å². The van der Waals surface area contributed by atoms with Crippen molar-refractivity contribution >= 4 is 11.9 Å². The first-order chi connectivity index (χ1) is 10.8. The van der Waals surface area contributed by atoms with Crippen LogP contribution in [-0.4, -0.2) is 51.4 Å². The number of carboxylic acid groups (broad SMARTS) is 1. The highest BCUT2D eigenvalue weighted by Crippen LogP contribution is 2.35. The summed E-state index contributed by atoms with van der Waals surface area (Å²) in [7, 11) is 1.53. The molecule has 7 heteroatoms. The molecule has 0 bridgehead atoms. The highest BCUT2D eigenvalue weighted by molar-refractivity contribution is 5.85. The van der Waals surface area contributed by atoms with Gasteiger partial charge >= 0.3 is 5.97 Å². The summed E-state index contributed by atoms with van der Waals surface area (Å²) in [4.78, 5) is 25.2. The summed E-state index contributed by atoms with van der Waals surface area (Å²) in [6.45, 7) is 6.15. The molecule has 1 aromatic heterocycles. The van der Waals surface area contributed by atoms with Gasteiger partial charge in [0.05, 0.1) is 11.6 Å². The number of nitrogens with zero attached hydrogens (tertiary/aromatic N) is 3. The number of carbonyl (C=O) groups is 2. The van der Waals surface area contributed by atoms with Gasteiger partial charge in [0, 0.05) is 25.9 Å². The molecular formula is C16H25N3O4. The van der Waals surface area contributed by atoms with Gasteiger partial charge < -0.3 is 14.7 Å². The van der Waals surface area contributed by atoms with Crippen LogP contribution in [0.5, 0.6) is 0 Å². The topological polar surface area (TPSA) is 84.7 Å². The van der Waals surface area contributed by atoms with Crippen LogP contribution in [0.15, 0.2) is 12.3 Å². The van der Waals surface area contributed by atoms with Crippen molar-refractivity contribution in [3.63, 3.8) is 0 Å². The number of rotatable bonds is 5. The van der Waals surface area contributed by atoms with Crippen molar-refractivity contribution in [2.45, 2.75) is 51.8 Å². The molecule has 23 heavy (non-hydrogen) atoms. The van der Waals surface area contributed by atoms with E-state index in [0.717, 1.165) is 12.1 Å². The number of aromatic nitrogens is 2. The van der Waals surface area contributed by atoms with Crippen molar-refractivity contribution in [2.24, 2.45) is 5.92 Å². The first kappa shape index (κ1) is 17.5. The molecule has 0 aliphatic carbocycles. The van der Waals surface area contributed by atoms with Gasteiger partial charge in [0.25, 0.3) is 0 Å². The number of amides is 1. The maximum absolute atomic E-state index is 12.8. The molecule has 7 nitrogen and oxygen atoms in total. The van der Waals surface area contributed by atoms with Crippen LogP contribution < -0.4 is 0 Å². The summed E-state index contributed by atoms with van der Waals surface area (Å²) in [6, 6.07) is 1.17. The standard InChI is InChI=1S/C16H25N3O4/c1-10(2)19-13(7-8-17-19)14-12(6-5-9-23-14)15(20)18(4)11(3)16(21)22/h7-8,10-12,14H,5-6,9H2,1-4H3,(H,21,22)/t11?,12-,14-/m1/s1. The zero-order valence-electron chi connectivity index (χ0n) is 14.1. The van der Waals surface area contributed by atoms with Gasteiger partial charge in [0.2, 0.25) is 5.91 Å². The SMILES string of the molecule is CC(C(=O)O)N(C)C(=O)[C@@H]1CCCO[C@H]1c1ccnn1C(C)C. The molecule has 0 saturated carbocycles. The molecule has 128 valence electrons. The lowest BCUT2D eigenvalue weighted by Gasteiger charge is -2.35. The second-order valence-electron chi connectivity index (χ2n) is 6.30. The Kier molecular flexibility index (Phi) is 5.41. The minimum atomic E-state index is -1.01. The molecular weight excluding hydrogens is 298 g/mol. The fourth-order valence-corrected chi connectivity index (χ4v) is 2.92. The van der Waals surface area contributed by atoms with Gasteiger partial charge in [-0.05, 0) is 39.7 Å². The van der Waals surface area contributed by atoms with Crippen molar-refractivity contribution in [2.75, 3.05) is 13.7 Å². The van der Waals surface area contributed by atoms with Crippen LogP contribution >= 0.6 is 0 Å². The Morgan fingerprint density at radius 2 is 2.13 bits per heavy atom. The van der Waals surface area contributed by atoms with Gasteiger partial charge in [-0.2, -0.15) is 5.10 Å². The second-order valence-corrected chi connectivity index (χ2v) is 6.30. The molecule has 1 aliphatic heterocycles. The van der Waals surface area contributed by atoms with Crippen molar-refractivity contribution in [3.05, 3.63) is 18.0 Å². The van der Waals surface area contributed by atoms with Gasteiger partial charge in [-0.25, -0.2) is 4.79 Å². The van der Waals surface area contributed by atoms with Crippen LogP contribution in [0.1, 0.15) is 51.5 Å². The molecule has 0 spiro atoms. The van der Waals surface area contributed by atoms with Crippen LogP contribution in [0.2, 0.25) is 0 Å². The Balaban J connectivity index is 2.26. The normalized spacial score (nSPS) is 22.8. The van der Waals surface area contributed by atoms with E-state index in [9.17, 15) is 9.59 Å². The van der Waals surface area contributed by atoms with Crippen LogP contribution in [0.25, 0.3) is 0 Å². The molecule has 1 saturated heterocycles. The molecule has 0 radical (unpaired) electrons. The van der Waals surface area contributed by atoms with E-state index in [4.69, 9.17) is 9.84 Å². The molecule has 1 N–H and O–H groups in total. The van der Waals surface area contributed by atoms with Crippen LogP contribution in [-0.2, 0) is 14.3 Å². The average molecular weight is 323 g/mol. The summed E-state index contributed by atoms with van der Waals surface area (Å²) in [5, 5.41) is 13.4. The van der Waals surface area contributed by atoms with Gasteiger partial charge in [-0.15, -0.1) is 0 Å². The van der Waals surface area contributed by atoms with Crippen molar-refractivity contribution in [1.82, 2.24) is 14.7 Å². The predicted molar refractivity (Wildman–Crippen MR) is 83.9 cm³/mol. The second kappa shape index (κ2) is 7.12. The molecule has 3 atom stereocenters. The highest BCUT2D eigenvalue weighted by atomic mass is 16.5. The van der Waals surface area contributed by atoms with E-state index in [0.29, 0.717) is 13.0 Å². The molecule has 1 amide bonds. The maximum Gasteiger partial charge on any atom is 0.326 e. The fraction of sp³-hybridized carbons (Fsp3) is 0.688. The third kappa shape index (κ3) is 3.55. The number of carbonyl (C=O) groups excluding carboxylic acids is 1. The molecule has 1 unspecified atom stereocenters. The lowest BCUT2D eigenvalue weighted by molar-refractivity contribution is -0.155. The first-order valence-electron chi connectivity index (χ1n) is 7.99. The van der Waals surface area contributed by atoms with E-state index in [2.05, 4.69) is 5.10 Å². The van der Waals surface area contributed by atoms with Crippen molar-refractivity contribution < 1.29 is 19.4 Å². The quantitative estimate of drug-likeness (QED) is 0.894. The van der Waals surface area contributed by atoms with E-state index in [-0.39, 0.29) is 24.0 Å². The summed E-state index contributed by atoms with van der Waals surface area (Å²) >= 11 is 0.